The topological polar surface area (TPSA) is 62.8 Å². The molecule has 1 atom stereocenters. The summed E-state index contributed by atoms with van der Waals surface area (Å²) in [5.74, 6) is 0.579. The quantitative estimate of drug-likeness (QED) is 0.434. The van der Waals surface area contributed by atoms with Gasteiger partial charge in [0, 0.05) is 13.7 Å². The lowest BCUT2D eigenvalue weighted by atomic mass is 9.71. The van der Waals surface area contributed by atoms with Gasteiger partial charge in [-0.2, -0.15) is 0 Å². The fourth-order valence-corrected chi connectivity index (χ4v) is 5.79. The summed E-state index contributed by atoms with van der Waals surface area (Å²) in [6.07, 6.45) is 4.23. The number of urea groups is 1. The molecule has 3 aliphatic rings. The number of carbonyl (C=O) groups is 1. The van der Waals surface area contributed by atoms with Gasteiger partial charge in [-0.05, 0) is 80.8 Å². The smallest absolute Gasteiger partial charge is 0.315 e. The largest absolute Gasteiger partial charge is 0.382 e. The van der Waals surface area contributed by atoms with Crippen LogP contribution in [0.1, 0.15) is 51.2 Å². The van der Waals surface area contributed by atoms with E-state index in [1.165, 1.54) is 42.6 Å². The average Bonchev–Trinajstić information content (AvgIpc) is 2.89. The molecule has 2 aromatic rings. The second-order valence-corrected chi connectivity index (χ2v) is 10.9. The van der Waals surface area contributed by atoms with E-state index in [2.05, 4.69) is 84.8 Å². The van der Waals surface area contributed by atoms with Gasteiger partial charge in [-0.25, -0.2) is 4.79 Å². The van der Waals surface area contributed by atoms with E-state index in [0.717, 1.165) is 24.9 Å². The normalized spacial score (nSPS) is 23.4. The number of ether oxygens (including phenoxy) is 2. The summed E-state index contributed by atoms with van der Waals surface area (Å²) in [5.41, 5.74) is 4.11. The summed E-state index contributed by atoms with van der Waals surface area (Å²) in [4.78, 5) is 15.6. The van der Waals surface area contributed by atoms with Crippen LogP contribution in [-0.4, -0.2) is 63.0 Å². The van der Waals surface area contributed by atoms with Crippen LogP contribution >= 0.6 is 0 Å². The first kappa shape index (κ1) is 26.6. The van der Waals surface area contributed by atoms with E-state index in [9.17, 15) is 4.79 Å². The number of benzene rings is 2. The number of fused-ring (bicyclic) bond motifs is 3. The van der Waals surface area contributed by atoms with Crippen LogP contribution in [0.25, 0.3) is 11.1 Å². The Bertz CT molecular complexity index is 982. The van der Waals surface area contributed by atoms with Crippen molar-refractivity contribution in [2.45, 2.75) is 57.5 Å². The molecule has 3 aliphatic heterocycles. The van der Waals surface area contributed by atoms with Crippen LogP contribution in [0, 0.1) is 5.92 Å². The van der Waals surface area contributed by atoms with Crippen molar-refractivity contribution >= 4 is 6.03 Å². The van der Waals surface area contributed by atoms with E-state index in [1.54, 1.807) is 7.11 Å². The van der Waals surface area contributed by atoms with Crippen LogP contribution in [-0.2, 0) is 21.4 Å². The molecule has 6 heteroatoms. The van der Waals surface area contributed by atoms with Gasteiger partial charge in [0.1, 0.15) is 0 Å². The van der Waals surface area contributed by atoms with Crippen molar-refractivity contribution in [3.63, 3.8) is 0 Å². The number of piperidine rings is 3. The van der Waals surface area contributed by atoms with Crippen molar-refractivity contribution in [3.8, 4) is 11.1 Å². The minimum atomic E-state index is -0.474. The van der Waals surface area contributed by atoms with Gasteiger partial charge < -0.3 is 25.0 Å². The molecule has 2 bridgehead atoms. The molecule has 2 N–H and O–H groups in total. The number of carbonyl (C=O) groups excluding carboxylic acids is 1. The molecule has 0 saturated carbocycles. The van der Waals surface area contributed by atoms with Gasteiger partial charge >= 0.3 is 6.03 Å². The second kappa shape index (κ2) is 11.8. The predicted octanol–water partition coefficient (Wildman–Crippen LogP) is 4.97. The molecule has 36 heavy (non-hydrogen) atoms. The highest BCUT2D eigenvalue weighted by Gasteiger charge is 2.46. The zero-order valence-electron chi connectivity index (χ0n) is 22.4. The minimum absolute atomic E-state index is 0.0681. The van der Waals surface area contributed by atoms with Crippen molar-refractivity contribution in [3.05, 3.63) is 59.7 Å². The summed E-state index contributed by atoms with van der Waals surface area (Å²) in [5, 5.41) is 6.65. The molecule has 6 nitrogen and oxygen atoms in total. The monoisotopic (exact) mass is 493 g/mol. The lowest BCUT2D eigenvalue weighted by molar-refractivity contribution is 0.00985. The zero-order chi connectivity index (χ0) is 25.6. The van der Waals surface area contributed by atoms with Crippen LogP contribution in [0.2, 0.25) is 0 Å². The fraction of sp³-hybridized carbons (Fsp3) is 0.567. The number of nitrogens with zero attached hydrogens (tertiary/aromatic N) is 1. The highest BCUT2D eigenvalue weighted by atomic mass is 16.5. The Morgan fingerprint density at radius 1 is 1.00 bits per heavy atom. The van der Waals surface area contributed by atoms with Crippen LogP contribution in [0.15, 0.2) is 48.5 Å². The highest BCUT2D eigenvalue weighted by molar-refractivity contribution is 5.76. The number of methoxy groups -OCH3 is 1. The van der Waals surface area contributed by atoms with Crippen molar-refractivity contribution in [1.29, 1.82) is 0 Å². The van der Waals surface area contributed by atoms with Crippen molar-refractivity contribution in [1.82, 2.24) is 15.5 Å². The van der Waals surface area contributed by atoms with Gasteiger partial charge in [-0.15, -0.1) is 0 Å². The average molecular weight is 494 g/mol. The van der Waals surface area contributed by atoms with E-state index in [0.29, 0.717) is 25.7 Å². The first-order valence-corrected chi connectivity index (χ1v) is 13.4. The summed E-state index contributed by atoms with van der Waals surface area (Å²) < 4.78 is 10.6. The highest BCUT2D eigenvalue weighted by Crippen LogP contribution is 2.38. The van der Waals surface area contributed by atoms with Gasteiger partial charge in [-0.3, -0.25) is 0 Å². The molecule has 0 radical (unpaired) electrons. The number of rotatable bonds is 11. The standard InChI is InChI=1S/C30H43N3O3/c1-5-30(22-33-17-14-27(30)15-18-33)32-28(34)31-29(2,3)26-12-10-25(11-13-26)24-8-6-23(7-9-24)16-19-36-21-20-35-4/h6-13,27H,5,14-22H2,1-4H3,(H2,31,32,34). The number of hydrogen-bond acceptors (Lipinski definition) is 4. The van der Waals surface area contributed by atoms with Crippen LogP contribution in [0.4, 0.5) is 4.79 Å². The molecule has 196 valence electrons. The summed E-state index contributed by atoms with van der Waals surface area (Å²) in [6.45, 7) is 11.6. The van der Waals surface area contributed by atoms with E-state index >= 15 is 0 Å². The molecule has 0 spiro atoms. The predicted molar refractivity (Wildman–Crippen MR) is 145 cm³/mol. The Morgan fingerprint density at radius 2 is 1.64 bits per heavy atom. The van der Waals surface area contributed by atoms with E-state index < -0.39 is 5.54 Å². The Morgan fingerprint density at radius 3 is 2.19 bits per heavy atom. The van der Waals surface area contributed by atoms with Crippen LogP contribution < -0.4 is 10.6 Å². The van der Waals surface area contributed by atoms with Crippen molar-refractivity contribution < 1.29 is 14.3 Å². The van der Waals surface area contributed by atoms with E-state index in [-0.39, 0.29) is 11.6 Å². The van der Waals surface area contributed by atoms with Crippen molar-refractivity contribution in [2.75, 3.05) is 46.6 Å². The number of amides is 2. The van der Waals surface area contributed by atoms with Crippen LogP contribution in [0.3, 0.4) is 0 Å². The molecular weight excluding hydrogens is 450 g/mol. The number of nitrogens with one attached hydrogen (secondary N) is 2. The zero-order valence-corrected chi connectivity index (χ0v) is 22.4. The molecule has 2 amide bonds. The molecule has 3 fully saturated rings. The summed E-state index contributed by atoms with van der Waals surface area (Å²) in [6, 6.07) is 17.1. The third kappa shape index (κ3) is 6.28. The fourth-order valence-electron chi connectivity index (χ4n) is 5.79. The minimum Gasteiger partial charge on any atom is -0.382 e. The Hall–Kier alpha value is -2.41. The molecule has 1 unspecified atom stereocenters. The lowest BCUT2D eigenvalue weighted by Crippen LogP contribution is -2.68. The third-order valence-corrected chi connectivity index (χ3v) is 8.15. The molecule has 3 saturated heterocycles. The van der Waals surface area contributed by atoms with Crippen molar-refractivity contribution in [2.24, 2.45) is 5.92 Å². The maximum absolute atomic E-state index is 13.1. The van der Waals surface area contributed by atoms with Gasteiger partial charge in [0.15, 0.2) is 0 Å². The first-order chi connectivity index (χ1) is 17.3. The molecule has 3 heterocycles. The van der Waals surface area contributed by atoms with Gasteiger partial charge in [0.2, 0.25) is 0 Å². The first-order valence-electron chi connectivity index (χ1n) is 13.4. The maximum Gasteiger partial charge on any atom is 0.315 e. The Kier molecular flexibility index (Phi) is 8.70. The molecule has 0 aliphatic carbocycles. The van der Waals surface area contributed by atoms with Gasteiger partial charge in [-0.1, -0.05) is 55.5 Å². The van der Waals surface area contributed by atoms with Gasteiger partial charge in [0.05, 0.1) is 30.9 Å². The van der Waals surface area contributed by atoms with E-state index in [4.69, 9.17) is 9.47 Å². The second-order valence-electron chi connectivity index (χ2n) is 10.9. The summed E-state index contributed by atoms with van der Waals surface area (Å²) >= 11 is 0. The maximum atomic E-state index is 13.1. The van der Waals surface area contributed by atoms with E-state index in [1.807, 2.05) is 0 Å². The Labute approximate surface area is 216 Å². The van der Waals surface area contributed by atoms with Crippen LogP contribution in [0.5, 0.6) is 0 Å². The molecule has 5 rings (SSSR count). The number of hydrogen-bond donors (Lipinski definition) is 2. The molecule has 0 aromatic heterocycles. The summed E-state index contributed by atoms with van der Waals surface area (Å²) in [7, 11) is 1.68. The van der Waals surface area contributed by atoms with Gasteiger partial charge in [0.25, 0.3) is 0 Å². The third-order valence-electron chi connectivity index (χ3n) is 8.15. The lowest BCUT2D eigenvalue weighted by Gasteiger charge is -2.53. The molecular formula is C30H43N3O3. The Balaban J connectivity index is 1.33. The molecule has 2 aromatic carbocycles. The SMILES string of the molecule is CCC1(NC(=O)NC(C)(C)c2ccc(-c3ccc(CCOCCOC)cc3)cc2)CN2CCC1CC2.